The fraction of sp³-hybridized carbons (Fsp3) is 0.263. The van der Waals surface area contributed by atoms with Crippen molar-refractivity contribution in [2.24, 2.45) is 0 Å². The molecule has 0 bridgehead atoms. The zero-order valence-corrected chi connectivity index (χ0v) is 15.0. The van der Waals surface area contributed by atoms with Crippen molar-refractivity contribution in [2.75, 3.05) is 7.05 Å². The number of carbonyl (C=O) groups is 1. The highest BCUT2D eigenvalue weighted by Gasteiger charge is 2.20. The Bertz CT molecular complexity index is 825. The number of aryl methyl sites for hydroxylation is 1. The van der Waals surface area contributed by atoms with Crippen LogP contribution in [0.15, 0.2) is 53.1 Å². The molecule has 1 amide bonds. The van der Waals surface area contributed by atoms with Gasteiger partial charge in [-0.3, -0.25) is 9.89 Å². The maximum atomic E-state index is 12.7. The molecule has 1 N–H and O–H groups in total. The number of halogens is 1. The lowest BCUT2D eigenvalue weighted by atomic mass is 10.1. The Morgan fingerprint density at radius 2 is 2.08 bits per heavy atom. The van der Waals surface area contributed by atoms with Gasteiger partial charge in [-0.15, -0.1) is 0 Å². The monoisotopic (exact) mass is 357 g/mol. The standard InChI is InChI=1S/C19H20ClN3O2/c1-13(5-10-16-4-3-11-25-16)23(2)19(24)18-12-17(21-22-18)14-6-8-15(20)9-7-14/h3-4,6-9,11-13H,5,10H2,1-2H3,(H,21,22). The van der Waals surface area contributed by atoms with Gasteiger partial charge in [-0.05, 0) is 43.7 Å². The van der Waals surface area contributed by atoms with Gasteiger partial charge in [0.15, 0.2) is 0 Å². The molecule has 0 saturated heterocycles. The van der Waals surface area contributed by atoms with Crippen LogP contribution in [-0.4, -0.2) is 34.1 Å². The van der Waals surface area contributed by atoms with Crippen molar-refractivity contribution in [2.45, 2.75) is 25.8 Å². The average molecular weight is 358 g/mol. The Hall–Kier alpha value is -2.53. The van der Waals surface area contributed by atoms with E-state index in [2.05, 4.69) is 10.2 Å². The number of carbonyl (C=O) groups excluding carboxylic acids is 1. The van der Waals surface area contributed by atoms with E-state index in [-0.39, 0.29) is 11.9 Å². The summed E-state index contributed by atoms with van der Waals surface area (Å²) in [6.07, 6.45) is 3.29. The van der Waals surface area contributed by atoms with Crippen molar-refractivity contribution in [3.8, 4) is 11.3 Å². The third kappa shape index (κ3) is 4.12. The smallest absolute Gasteiger partial charge is 0.271 e. The lowest BCUT2D eigenvalue weighted by Crippen LogP contribution is -2.35. The van der Waals surface area contributed by atoms with Crippen molar-refractivity contribution < 1.29 is 9.21 Å². The number of amides is 1. The molecule has 3 aromatic rings. The quantitative estimate of drug-likeness (QED) is 0.710. The molecule has 6 heteroatoms. The predicted molar refractivity (Wildman–Crippen MR) is 97.6 cm³/mol. The number of hydrogen-bond acceptors (Lipinski definition) is 3. The van der Waals surface area contributed by atoms with Crippen molar-refractivity contribution in [3.63, 3.8) is 0 Å². The molecule has 2 heterocycles. The van der Waals surface area contributed by atoms with Gasteiger partial charge >= 0.3 is 0 Å². The molecular weight excluding hydrogens is 338 g/mol. The molecule has 2 aromatic heterocycles. The molecule has 0 saturated carbocycles. The van der Waals surface area contributed by atoms with Gasteiger partial charge < -0.3 is 9.32 Å². The number of rotatable bonds is 6. The zero-order valence-electron chi connectivity index (χ0n) is 14.2. The van der Waals surface area contributed by atoms with E-state index in [1.165, 1.54) is 0 Å². The fourth-order valence-electron chi connectivity index (χ4n) is 2.59. The zero-order chi connectivity index (χ0) is 17.8. The minimum absolute atomic E-state index is 0.0832. The molecule has 5 nitrogen and oxygen atoms in total. The maximum Gasteiger partial charge on any atom is 0.271 e. The van der Waals surface area contributed by atoms with Gasteiger partial charge in [0.1, 0.15) is 11.5 Å². The molecule has 0 aliphatic rings. The van der Waals surface area contributed by atoms with E-state index in [0.29, 0.717) is 10.7 Å². The second-order valence-corrected chi connectivity index (χ2v) is 6.49. The number of aromatic amines is 1. The van der Waals surface area contributed by atoms with Crippen LogP contribution in [0.25, 0.3) is 11.3 Å². The Kier molecular flexibility index (Phi) is 5.24. The Morgan fingerprint density at radius 1 is 1.32 bits per heavy atom. The molecule has 0 spiro atoms. The minimum atomic E-state index is -0.0836. The molecule has 0 fully saturated rings. The molecule has 3 rings (SSSR count). The molecule has 0 aliphatic carbocycles. The van der Waals surface area contributed by atoms with Crippen molar-refractivity contribution >= 4 is 17.5 Å². The summed E-state index contributed by atoms with van der Waals surface area (Å²) in [7, 11) is 1.80. The van der Waals surface area contributed by atoms with E-state index in [0.717, 1.165) is 29.9 Å². The van der Waals surface area contributed by atoms with Crippen LogP contribution in [0.4, 0.5) is 0 Å². The first-order valence-corrected chi connectivity index (χ1v) is 8.53. The van der Waals surface area contributed by atoms with Crippen LogP contribution >= 0.6 is 11.6 Å². The average Bonchev–Trinajstić information content (AvgIpc) is 3.30. The summed E-state index contributed by atoms with van der Waals surface area (Å²) in [6.45, 7) is 2.03. The lowest BCUT2D eigenvalue weighted by Gasteiger charge is -2.24. The predicted octanol–water partition coefficient (Wildman–Crippen LogP) is 4.42. The molecule has 25 heavy (non-hydrogen) atoms. The molecule has 1 aromatic carbocycles. The van der Waals surface area contributed by atoms with Crippen LogP contribution in [-0.2, 0) is 6.42 Å². The van der Waals surface area contributed by atoms with Crippen LogP contribution in [0.5, 0.6) is 0 Å². The fourth-order valence-corrected chi connectivity index (χ4v) is 2.72. The minimum Gasteiger partial charge on any atom is -0.469 e. The number of nitrogens with zero attached hydrogens (tertiary/aromatic N) is 2. The van der Waals surface area contributed by atoms with Gasteiger partial charge in [0.25, 0.3) is 5.91 Å². The van der Waals surface area contributed by atoms with Gasteiger partial charge in [0.05, 0.1) is 12.0 Å². The normalized spacial score (nSPS) is 12.1. The summed E-state index contributed by atoms with van der Waals surface area (Å²) >= 11 is 5.90. The first kappa shape index (κ1) is 17.3. The van der Waals surface area contributed by atoms with Crippen molar-refractivity contribution in [1.29, 1.82) is 0 Å². The second-order valence-electron chi connectivity index (χ2n) is 6.06. The molecule has 0 radical (unpaired) electrons. The largest absolute Gasteiger partial charge is 0.469 e. The Labute approximate surface area is 151 Å². The number of aromatic nitrogens is 2. The highest BCUT2D eigenvalue weighted by Crippen LogP contribution is 2.21. The second kappa shape index (κ2) is 7.57. The summed E-state index contributed by atoms with van der Waals surface area (Å²) in [5.74, 6) is 0.846. The van der Waals surface area contributed by atoms with Crippen molar-refractivity contribution in [1.82, 2.24) is 15.1 Å². The SMILES string of the molecule is CC(CCc1ccco1)N(C)C(=O)c1cc(-c2ccc(Cl)cc2)n[nH]1. The summed E-state index contributed by atoms with van der Waals surface area (Å²) in [5.41, 5.74) is 2.10. The van der Waals surface area contributed by atoms with Gasteiger partial charge in [-0.1, -0.05) is 23.7 Å². The third-order valence-electron chi connectivity index (χ3n) is 4.32. The third-order valence-corrected chi connectivity index (χ3v) is 4.57. The number of H-pyrrole nitrogens is 1. The molecule has 1 unspecified atom stereocenters. The van der Waals surface area contributed by atoms with Crippen LogP contribution in [0.3, 0.4) is 0 Å². The summed E-state index contributed by atoms with van der Waals surface area (Å²) in [5, 5.41) is 7.73. The Balaban J connectivity index is 1.64. The Morgan fingerprint density at radius 3 is 2.76 bits per heavy atom. The van der Waals surface area contributed by atoms with Crippen LogP contribution < -0.4 is 0 Å². The number of hydrogen-bond donors (Lipinski definition) is 1. The molecular formula is C19H20ClN3O2. The molecule has 0 aliphatic heterocycles. The molecule has 130 valence electrons. The van der Waals surface area contributed by atoms with E-state index in [1.807, 2.05) is 31.2 Å². The van der Waals surface area contributed by atoms with Gasteiger partial charge in [-0.2, -0.15) is 5.10 Å². The summed E-state index contributed by atoms with van der Waals surface area (Å²) in [4.78, 5) is 14.4. The lowest BCUT2D eigenvalue weighted by molar-refractivity contribution is 0.0730. The van der Waals surface area contributed by atoms with E-state index in [4.69, 9.17) is 16.0 Å². The van der Waals surface area contributed by atoms with Crippen LogP contribution in [0, 0.1) is 0 Å². The maximum absolute atomic E-state index is 12.7. The molecule has 1 atom stereocenters. The van der Waals surface area contributed by atoms with E-state index in [1.54, 1.807) is 36.4 Å². The van der Waals surface area contributed by atoms with Gasteiger partial charge in [0.2, 0.25) is 0 Å². The van der Waals surface area contributed by atoms with Gasteiger partial charge in [0, 0.05) is 30.1 Å². The topological polar surface area (TPSA) is 62.1 Å². The van der Waals surface area contributed by atoms with Crippen LogP contribution in [0.1, 0.15) is 29.6 Å². The van der Waals surface area contributed by atoms with E-state index < -0.39 is 0 Å². The number of benzene rings is 1. The van der Waals surface area contributed by atoms with E-state index in [9.17, 15) is 4.79 Å². The summed E-state index contributed by atoms with van der Waals surface area (Å²) < 4.78 is 5.34. The number of nitrogens with one attached hydrogen (secondary N) is 1. The number of furan rings is 1. The first-order chi connectivity index (χ1) is 12.0. The van der Waals surface area contributed by atoms with E-state index >= 15 is 0 Å². The highest BCUT2D eigenvalue weighted by molar-refractivity contribution is 6.30. The summed E-state index contributed by atoms with van der Waals surface area (Å²) in [6, 6.07) is 13.0. The van der Waals surface area contributed by atoms with Gasteiger partial charge in [-0.25, -0.2) is 0 Å². The first-order valence-electron chi connectivity index (χ1n) is 8.15. The van der Waals surface area contributed by atoms with Crippen molar-refractivity contribution in [3.05, 3.63) is 65.2 Å². The van der Waals surface area contributed by atoms with Crippen LogP contribution in [0.2, 0.25) is 5.02 Å². The highest BCUT2D eigenvalue weighted by atomic mass is 35.5.